The van der Waals surface area contributed by atoms with Gasteiger partial charge in [-0.2, -0.15) is 0 Å². The smallest absolute Gasteiger partial charge is 0.227 e. The molecule has 1 saturated heterocycles. The standard InChI is InChI=1S/C16H20N4OS/c1-10-4-6-17-16(18-10)13-5-7-20(9-13)15(21)8-14-11(2)19-12(3)22-14/h4,6,13H,5,7-9H2,1-3H3/t13-/m0/s1. The third-order valence-electron chi connectivity index (χ3n) is 4.03. The van der Waals surface area contributed by atoms with Gasteiger partial charge in [0.2, 0.25) is 5.91 Å². The van der Waals surface area contributed by atoms with Gasteiger partial charge in [-0.15, -0.1) is 11.3 Å². The molecule has 6 heteroatoms. The van der Waals surface area contributed by atoms with E-state index >= 15 is 0 Å². The van der Waals surface area contributed by atoms with Crippen LogP contribution in [-0.2, 0) is 11.2 Å². The Labute approximate surface area is 134 Å². The molecule has 0 saturated carbocycles. The molecular formula is C16H20N4OS. The highest BCUT2D eigenvalue weighted by Gasteiger charge is 2.29. The summed E-state index contributed by atoms with van der Waals surface area (Å²) in [5.74, 6) is 1.30. The summed E-state index contributed by atoms with van der Waals surface area (Å²) in [6.07, 6.45) is 3.19. The molecule has 2 aromatic rings. The van der Waals surface area contributed by atoms with Crippen molar-refractivity contribution < 1.29 is 4.79 Å². The number of carbonyl (C=O) groups excluding carboxylic acids is 1. The molecule has 3 heterocycles. The molecular weight excluding hydrogens is 296 g/mol. The first kappa shape index (κ1) is 15.1. The van der Waals surface area contributed by atoms with Crippen LogP contribution in [0.1, 0.15) is 39.4 Å². The van der Waals surface area contributed by atoms with E-state index in [-0.39, 0.29) is 11.8 Å². The third-order valence-corrected chi connectivity index (χ3v) is 5.10. The van der Waals surface area contributed by atoms with Crippen LogP contribution in [0.4, 0.5) is 0 Å². The Bertz CT molecular complexity index is 697. The summed E-state index contributed by atoms with van der Waals surface area (Å²) in [7, 11) is 0. The quantitative estimate of drug-likeness (QED) is 0.872. The van der Waals surface area contributed by atoms with E-state index in [2.05, 4.69) is 15.0 Å². The Balaban J connectivity index is 1.65. The summed E-state index contributed by atoms with van der Waals surface area (Å²) in [4.78, 5) is 28.7. The minimum Gasteiger partial charge on any atom is -0.342 e. The lowest BCUT2D eigenvalue weighted by atomic mass is 10.1. The maximum atomic E-state index is 12.5. The number of aryl methyl sites for hydroxylation is 3. The summed E-state index contributed by atoms with van der Waals surface area (Å²) in [6.45, 7) is 7.43. The lowest BCUT2D eigenvalue weighted by Gasteiger charge is -2.16. The molecule has 0 aliphatic carbocycles. The van der Waals surface area contributed by atoms with Gasteiger partial charge in [-0.1, -0.05) is 0 Å². The van der Waals surface area contributed by atoms with Crippen molar-refractivity contribution in [3.63, 3.8) is 0 Å². The lowest BCUT2D eigenvalue weighted by molar-refractivity contribution is -0.129. The zero-order valence-electron chi connectivity index (χ0n) is 13.2. The number of likely N-dealkylation sites (tertiary alicyclic amines) is 1. The van der Waals surface area contributed by atoms with Crippen LogP contribution in [0.25, 0.3) is 0 Å². The largest absolute Gasteiger partial charge is 0.342 e. The van der Waals surface area contributed by atoms with E-state index in [4.69, 9.17) is 0 Å². The van der Waals surface area contributed by atoms with Crippen molar-refractivity contribution in [3.05, 3.63) is 39.4 Å². The maximum Gasteiger partial charge on any atom is 0.227 e. The minimum absolute atomic E-state index is 0.182. The van der Waals surface area contributed by atoms with Gasteiger partial charge in [-0.3, -0.25) is 4.79 Å². The normalized spacial score (nSPS) is 18.0. The SMILES string of the molecule is Cc1ccnc([C@H]2CCN(C(=O)Cc3sc(C)nc3C)C2)n1. The number of hydrogen-bond acceptors (Lipinski definition) is 5. The molecule has 0 radical (unpaired) electrons. The monoisotopic (exact) mass is 316 g/mol. The maximum absolute atomic E-state index is 12.5. The molecule has 1 atom stereocenters. The molecule has 1 fully saturated rings. The second-order valence-corrected chi connectivity index (χ2v) is 7.09. The minimum atomic E-state index is 0.182. The van der Waals surface area contributed by atoms with Crippen molar-refractivity contribution in [1.29, 1.82) is 0 Å². The molecule has 1 amide bonds. The van der Waals surface area contributed by atoms with Gasteiger partial charge in [0.1, 0.15) is 5.82 Å². The Hall–Kier alpha value is -1.82. The third kappa shape index (κ3) is 3.16. The van der Waals surface area contributed by atoms with Crippen LogP contribution in [0.3, 0.4) is 0 Å². The molecule has 0 N–H and O–H groups in total. The average molecular weight is 316 g/mol. The van der Waals surface area contributed by atoms with Gasteiger partial charge >= 0.3 is 0 Å². The number of amides is 1. The predicted octanol–water partition coefficient (Wildman–Crippen LogP) is 2.42. The predicted molar refractivity (Wildman–Crippen MR) is 86.0 cm³/mol. The van der Waals surface area contributed by atoms with Crippen LogP contribution in [0.15, 0.2) is 12.3 Å². The number of rotatable bonds is 3. The zero-order chi connectivity index (χ0) is 15.7. The van der Waals surface area contributed by atoms with Crippen molar-refractivity contribution in [2.75, 3.05) is 13.1 Å². The van der Waals surface area contributed by atoms with Crippen molar-refractivity contribution in [2.45, 2.75) is 39.5 Å². The molecule has 0 bridgehead atoms. The molecule has 1 aliphatic rings. The van der Waals surface area contributed by atoms with Crippen LogP contribution in [-0.4, -0.2) is 38.8 Å². The number of aromatic nitrogens is 3. The van der Waals surface area contributed by atoms with Crippen molar-refractivity contribution >= 4 is 17.2 Å². The number of carbonyl (C=O) groups is 1. The Morgan fingerprint density at radius 3 is 2.86 bits per heavy atom. The molecule has 1 aliphatic heterocycles. The summed E-state index contributed by atoms with van der Waals surface area (Å²) in [5, 5.41) is 1.02. The molecule has 0 unspecified atom stereocenters. The Kier molecular flexibility index (Phi) is 4.20. The average Bonchev–Trinajstić information content (AvgIpc) is 3.06. The number of nitrogens with zero attached hydrogens (tertiary/aromatic N) is 4. The molecule has 116 valence electrons. The number of thiazole rings is 1. The van der Waals surface area contributed by atoms with E-state index in [0.29, 0.717) is 6.42 Å². The summed E-state index contributed by atoms with van der Waals surface area (Å²) in [6, 6.07) is 1.90. The highest BCUT2D eigenvalue weighted by atomic mass is 32.1. The van der Waals surface area contributed by atoms with E-state index in [1.807, 2.05) is 31.7 Å². The number of hydrogen-bond donors (Lipinski definition) is 0. The van der Waals surface area contributed by atoms with Crippen LogP contribution in [0.5, 0.6) is 0 Å². The van der Waals surface area contributed by atoms with Crippen LogP contribution in [0, 0.1) is 20.8 Å². The summed E-state index contributed by atoms with van der Waals surface area (Å²) in [5.41, 5.74) is 1.96. The first-order valence-corrected chi connectivity index (χ1v) is 8.35. The van der Waals surface area contributed by atoms with Gasteiger partial charge in [0.25, 0.3) is 0 Å². The molecule has 0 aromatic carbocycles. The molecule has 0 spiro atoms. The molecule has 22 heavy (non-hydrogen) atoms. The fourth-order valence-electron chi connectivity index (χ4n) is 2.85. The topological polar surface area (TPSA) is 59.0 Å². The van der Waals surface area contributed by atoms with E-state index in [1.54, 1.807) is 17.5 Å². The Morgan fingerprint density at radius 2 is 2.18 bits per heavy atom. The van der Waals surface area contributed by atoms with E-state index in [1.165, 1.54) is 0 Å². The van der Waals surface area contributed by atoms with Crippen molar-refractivity contribution in [3.8, 4) is 0 Å². The first-order chi connectivity index (χ1) is 10.5. The van der Waals surface area contributed by atoms with Gasteiger partial charge in [-0.05, 0) is 33.3 Å². The van der Waals surface area contributed by atoms with Gasteiger partial charge < -0.3 is 4.90 Å². The van der Waals surface area contributed by atoms with Gasteiger partial charge in [0.15, 0.2) is 0 Å². The van der Waals surface area contributed by atoms with E-state index in [0.717, 1.165) is 46.6 Å². The van der Waals surface area contributed by atoms with Crippen LogP contribution in [0.2, 0.25) is 0 Å². The van der Waals surface area contributed by atoms with Crippen molar-refractivity contribution in [2.24, 2.45) is 0 Å². The summed E-state index contributed by atoms with van der Waals surface area (Å²) < 4.78 is 0. The fourth-order valence-corrected chi connectivity index (χ4v) is 3.78. The second kappa shape index (κ2) is 6.12. The van der Waals surface area contributed by atoms with E-state index < -0.39 is 0 Å². The van der Waals surface area contributed by atoms with Crippen molar-refractivity contribution in [1.82, 2.24) is 19.9 Å². The Morgan fingerprint density at radius 1 is 1.36 bits per heavy atom. The highest BCUT2D eigenvalue weighted by molar-refractivity contribution is 7.11. The first-order valence-electron chi connectivity index (χ1n) is 7.53. The highest BCUT2D eigenvalue weighted by Crippen LogP contribution is 2.26. The second-order valence-electron chi connectivity index (χ2n) is 5.80. The molecule has 5 nitrogen and oxygen atoms in total. The fraction of sp³-hybridized carbons (Fsp3) is 0.500. The van der Waals surface area contributed by atoms with Gasteiger partial charge in [0.05, 0.1) is 17.1 Å². The van der Waals surface area contributed by atoms with Crippen LogP contribution >= 0.6 is 11.3 Å². The summed E-state index contributed by atoms with van der Waals surface area (Å²) >= 11 is 1.62. The lowest BCUT2D eigenvalue weighted by Crippen LogP contribution is -2.30. The molecule has 3 rings (SSSR count). The van der Waals surface area contributed by atoms with Crippen LogP contribution < -0.4 is 0 Å². The van der Waals surface area contributed by atoms with Gasteiger partial charge in [-0.25, -0.2) is 15.0 Å². The molecule has 2 aromatic heterocycles. The van der Waals surface area contributed by atoms with Gasteiger partial charge in [0, 0.05) is 35.8 Å². The van der Waals surface area contributed by atoms with E-state index in [9.17, 15) is 4.79 Å². The zero-order valence-corrected chi connectivity index (χ0v) is 14.0.